The van der Waals surface area contributed by atoms with Gasteiger partial charge in [-0.05, 0) is 23.9 Å². The van der Waals surface area contributed by atoms with Crippen LogP contribution < -0.4 is 10.4 Å². The number of nitrogens with zero attached hydrogens (tertiary/aromatic N) is 4. The van der Waals surface area contributed by atoms with Crippen LogP contribution in [0.4, 0.5) is 0 Å². The zero-order valence-electron chi connectivity index (χ0n) is 17.4. The Morgan fingerprint density at radius 2 is 2.12 bits per heavy atom. The van der Waals surface area contributed by atoms with Crippen LogP contribution in [0.3, 0.4) is 0 Å². The minimum absolute atomic E-state index is 0.262. The summed E-state index contributed by atoms with van der Waals surface area (Å²) >= 11 is 1.04. The first-order valence-corrected chi connectivity index (χ1v) is 10.9. The summed E-state index contributed by atoms with van der Waals surface area (Å²) in [4.78, 5) is 25.8. The zero-order valence-corrected chi connectivity index (χ0v) is 18.2. The summed E-state index contributed by atoms with van der Waals surface area (Å²) in [6, 6.07) is 6.96. The van der Waals surface area contributed by atoms with Crippen molar-refractivity contribution in [2.24, 2.45) is 5.92 Å². The second-order valence-electron chi connectivity index (χ2n) is 7.46. The standard InChI is InChI=1S/C21H20N4O7S/c1-30-13-4-2-3-10-5-15(20(29)32-17(10)13)33-21-24-12-6-22-9-23-18(12)25(21)19-11(7-26)16(28)14(8-27)31-19/h2-6,9,11,14,16,19,26-28H,7-8H2,1H3/t11-,14-,16+,19-/m1/s1. The van der Waals surface area contributed by atoms with Crippen LogP contribution in [0.15, 0.2) is 56.1 Å². The van der Waals surface area contributed by atoms with Crippen molar-refractivity contribution in [1.29, 1.82) is 0 Å². The fourth-order valence-electron chi connectivity index (χ4n) is 3.96. The summed E-state index contributed by atoms with van der Waals surface area (Å²) in [7, 11) is 1.49. The second-order valence-corrected chi connectivity index (χ2v) is 8.47. The molecule has 4 aromatic rings. The summed E-state index contributed by atoms with van der Waals surface area (Å²) in [5.74, 6) is -0.302. The molecule has 11 nitrogen and oxygen atoms in total. The monoisotopic (exact) mass is 472 g/mol. The molecule has 1 aliphatic rings. The number of ether oxygens (including phenoxy) is 2. The predicted molar refractivity (Wildman–Crippen MR) is 116 cm³/mol. The Labute approximate surface area is 190 Å². The highest BCUT2D eigenvalue weighted by atomic mass is 32.2. The first kappa shape index (κ1) is 21.8. The number of imidazole rings is 1. The topological polar surface area (TPSA) is 153 Å². The van der Waals surface area contributed by atoms with E-state index in [0.717, 1.165) is 11.8 Å². The molecule has 0 bridgehead atoms. The van der Waals surface area contributed by atoms with Gasteiger partial charge in [0.05, 0.1) is 38.5 Å². The van der Waals surface area contributed by atoms with E-state index >= 15 is 0 Å². The molecule has 3 N–H and O–H groups in total. The third-order valence-corrected chi connectivity index (χ3v) is 6.56. The smallest absolute Gasteiger partial charge is 0.350 e. The summed E-state index contributed by atoms with van der Waals surface area (Å²) in [5.41, 5.74) is 0.589. The number of aromatic nitrogens is 4. The molecule has 172 valence electrons. The van der Waals surface area contributed by atoms with Gasteiger partial charge in [-0.15, -0.1) is 0 Å². The second kappa shape index (κ2) is 8.72. The molecule has 4 heterocycles. The third-order valence-electron chi connectivity index (χ3n) is 5.58. The van der Waals surface area contributed by atoms with Crippen molar-refractivity contribution in [1.82, 2.24) is 19.5 Å². The van der Waals surface area contributed by atoms with Crippen molar-refractivity contribution in [3.63, 3.8) is 0 Å². The fraction of sp³-hybridized carbons (Fsp3) is 0.333. The molecule has 33 heavy (non-hydrogen) atoms. The summed E-state index contributed by atoms with van der Waals surface area (Å²) in [6.07, 6.45) is -0.00601. The number of methoxy groups -OCH3 is 1. The molecular formula is C21H20N4O7S. The van der Waals surface area contributed by atoms with Gasteiger partial charge < -0.3 is 29.2 Å². The quantitative estimate of drug-likeness (QED) is 0.344. The average molecular weight is 472 g/mol. The van der Waals surface area contributed by atoms with Crippen molar-refractivity contribution in [2.45, 2.75) is 28.5 Å². The van der Waals surface area contributed by atoms with E-state index in [-0.39, 0.29) is 4.90 Å². The lowest BCUT2D eigenvalue weighted by molar-refractivity contribution is -0.0494. The van der Waals surface area contributed by atoms with E-state index in [1.165, 1.54) is 19.6 Å². The van der Waals surface area contributed by atoms with Crippen LogP contribution in [-0.2, 0) is 4.74 Å². The number of rotatable bonds is 6. The van der Waals surface area contributed by atoms with Crippen LogP contribution in [0.25, 0.3) is 22.1 Å². The summed E-state index contributed by atoms with van der Waals surface area (Å²) in [6.45, 7) is -0.816. The van der Waals surface area contributed by atoms with Gasteiger partial charge in [0.15, 0.2) is 22.1 Å². The molecule has 0 spiro atoms. The van der Waals surface area contributed by atoms with E-state index in [0.29, 0.717) is 33.0 Å². The Kier molecular flexibility index (Phi) is 5.76. The lowest BCUT2D eigenvalue weighted by Gasteiger charge is -2.21. The van der Waals surface area contributed by atoms with Crippen LogP contribution in [0.5, 0.6) is 5.75 Å². The highest BCUT2D eigenvalue weighted by Crippen LogP contribution is 2.40. The molecule has 0 amide bonds. The van der Waals surface area contributed by atoms with Gasteiger partial charge in [-0.25, -0.2) is 19.7 Å². The minimum Gasteiger partial charge on any atom is -0.493 e. The molecule has 1 aromatic carbocycles. The van der Waals surface area contributed by atoms with Gasteiger partial charge in [0.1, 0.15) is 29.1 Å². The SMILES string of the molecule is COc1cccc2cc(Sc3nc4cncnc4n3[C@@H]3O[C@H](CO)[C@@H](O)[C@H]3CO)c(=O)oc12. The summed E-state index contributed by atoms with van der Waals surface area (Å²) < 4.78 is 18.2. The van der Waals surface area contributed by atoms with E-state index < -0.39 is 43.2 Å². The maximum atomic E-state index is 12.8. The van der Waals surface area contributed by atoms with Crippen LogP contribution in [-0.4, -0.2) is 67.4 Å². The average Bonchev–Trinajstić information content (AvgIpc) is 3.35. The van der Waals surface area contributed by atoms with Gasteiger partial charge in [0.2, 0.25) is 0 Å². The highest BCUT2D eigenvalue weighted by molar-refractivity contribution is 7.99. The Bertz CT molecular complexity index is 1370. The van der Waals surface area contributed by atoms with Crippen molar-refractivity contribution >= 4 is 33.9 Å². The number of aliphatic hydroxyl groups is 3. The van der Waals surface area contributed by atoms with Crippen molar-refractivity contribution in [2.75, 3.05) is 20.3 Å². The molecule has 0 radical (unpaired) electrons. The number of para-hydroxylation sites is 1. The number of aliphatic hydroxyl groups excluding tert-OH is 3. The fourth-order valence-corrected chi connectivity index (χ4v) is 4.90. The zero-order chi connectivity index (χ0) is 23.1. The minimum atomic E-state index is -1.10. The Balaban J connectivity index is 1.63. The highest BCUT2D eigenvalue weighted by Gasteiger charge is 2.45. The number of hydrogen-bond acceptors (Lipinski definition) is 11. The van der Waals surface area contributed by atoms with E-state index in [1.807, 2.05) is 0 Å². The van der Waals surface area contributed by atoms with E-state index in [2.05, 4.69) is 15.0 Å². The van der Waals surface area contributed by atoms with Gasteiger partial charge in [-0.1, -0.05) is 12.1 Å². The van der Waals surface area contributed by atoms with Gasteiger partial charge in [-0.3, -0.25) is 4.57 Å². The maximum Gasteiger partial charge on any atom is 0.350 e. The van der Waals surface area contributed by atoms with Crippen molar-refractivity contribution in [3.8, 4) is 5.75 Å². The molecule has 1 aliphatic heterocycles. The van der Waals surface area contributed by atoms with Crippen molar-refractivity contribution < 1.29 is 29.2 Å². The normalized spacial score (nSPS) is 22.9. The van der Waals surface area contributed by atoms with E-state index in [1.54, 1.807) is 28.8 Å². The lowest BCUT2D eigenvalue weighted by Crippen LogP contribution is -2.31. The summed E-state index contributed by atoms with van der Waals surface area (Å²) in [5, 5.41) is 31.0. The number of fused-ring (bicyclic) bond motifs is 2. The van der Waals surface area contributed by atoms with Crippen LogP contribution in [0, 0.1) is 5.92 Å². The molecule has 3 aromatic heterocycles. The number of hydrogen-bond donors (Lipinski definition) is 3. The molecule has 0 saturated carbocycles. The van der Waals surface area contributed by atoms with Gasteiger partial charge in [0, 0.05) is 5.39 Å². The predicted octanol–water partition coefficient (Wildman–Crippen LogP) is 0.952. The molecule has 1 saturated heterocycles. The van der Waals surface area contributed by atoms with Crippen LogP contribution in [0.1, 0.15) is 6.23 Å². The molecule has 0 unspecified atom stereocenters. The van der Waals surface area contributed by atoms with Crippen LogP contribution >= 0.6 is 11.8 Å². The van der Waals surface area contributed by atoms with Crippen LogP contribution in [0.2, 0.25) is 0 Å². The number of benzene rings is 1. The van der Waals surface area contributed by atoms with Gasteiger partial charge in [-0.2, -0.15) is 0 Å². The van der Waals surface area contributed by atoms with E-state index in [9.17, 15) is 20.1 Å². The molecule has 12 heteroatoms. The Morgan fingerprint density at radius 3 is 2.88 bits per heavy atom. The largest absolute Gasteiger partial charge is 0.493 e. The molecule has 5 rings (SSSR count). The lowest BCUT2D eigenvalue weighted by atomic mass is 10.0. The molecule has 4 atom stereocenters. The van der Waals surface area contributed by atoms with Gasteiger partial charge in [0.25, 0.3) is 0 Å². The Hall–Kier alpha value is -3.03. The van der Waals surface area contributed by atoms with Crippen molar-refractivity contribution in [3.05, 3.63) is 47.2 Å². The Morgan fingerprint density at radius 1 is 1.27 bits per heavy atom. The van der Waals surface area contributed by atoms with Gasteiger partial charge >= 0.3 is 5.63 Å². The first-order chi connectivity index (χ1) is 16.0. The maximum absolute atomic E-state index is 12.8. The van der Waals surface area contributed by atoms with E-state index in [4.69, 9.17) is 13.9 Å². The molecule has 0 aliphatic carbocycles. The molecular weight excluding hydrogens is 452 g/mol. The molecule has 1 fully saturated rings. The third kappa shape index (κ3) is 3.65. The first-order valence-electron chi connectivity index (χ1n) is 10.1.